The molecule has 1 aliphatic heterocycles. The molecule has 0 aromatic heterocycles. The molecule has 1 amide bonds. The van der Waals surface area contributed by atoms with Crippen LogP contribution < -0.4 is 5.73 Å². The SMILES string of the molecule is CN1CCC(N(C)C(=O)C(N)Cc2ccccc2)CC1. The summed E-state index contributed by atoms with van der Waals surface area (Å²) in [6, 6.07) is 9.86. The number of nitrogens with zero attached hydrogens (tertiary/aromatic N) is 2. The van der Waals surface area contributed by atoms with Crippen molar-refractivity contribution in [3.05, 3.63) is 35.9 Å². The van der Waals surface area contributed by atoms with Crippen molar-refractivity contribution in [1.29, 1.82) is 0 Å². The maximum Gasteiger partial charge on any atom is 0.239 e. The molecule has 0 aliphatic carbocycles. The number of amides is 1. The highest BCUT2D eigenvalue weighted by Gasteiger charge is 2.27. The van der Waals surface area contributed by atoms with Crippen molar-refractivity contribution in [3.63, 3.8) is 0 Å². The molecular weight excluding hydrogens is 250 g/mol. The molecule has 110 valence electrons. The smallest absolute Gasteiger partial charge is 0.239 e. The van der Waals surface area contributed by atoms with Gasteiger partial charge in [0, 0.05) is 13.1 Å². The first kappa shape index (κ1) is 15.0. The zero-order valence-corrected chi connectivity index (χ0v) is 12.5. The Morgan fingerprint density at radius 3 is 2.55 bits per heavy atom. The maximum atomic E-state index is 12.4. The van der Waals surface area contributed by atoms with Crippen LogP contribution in [0.15, 0.2) is 30.3 Å². The van der Waals surface area contributed by atoms with Crippen molar-refractivity contribution < 1.29 is 4.79 Å². The van der Waals surface area contributed by atoms with Crippen LogP contribution in [0.25, 0.3) is 0 Å². The first-order chi connectivity index (χ1) is 9.58. The molecule has 1 aliphatic rings. The summed E-state index contributed by atoms with van der Waals surface area (Å²) in [5.41, 5.74) is 7.20. The van der Waals surface area contributed by atoms with Crippen LogP contribution in [0, 0.1) is 0 Å². The monoisotopic (exact) mass is 275 g/mol. The van der Waals surface area contributed by atoms with Gasteiger partial charge in [-0.05, 0) is 45.0 Å². The summed E-state index contributed by atoms with van der Waals surface area (Å²) in [6.45, 7) is 2.10. The highest BCUT2D eigenvalue weighted by atomic mass is 16.2. The van der Waals surface area contributed by atoms with Gasteiger partial charge >= 0.3 is 0 Å². The summed E-state index contributed by atoms with van der Waals surface area (Å²) >= 11 is 0. The highest BCUT2D eigenvalue weighted by Crippen LogP contribution is 2.15. The van der Waals surface area contributed by atoms with Crippen molar-refractivity contribution in [1.82, 2.24) is 9.80 Å². The second-order valence-corrected chi connectivity index (χ2v) is 5.78. The van der Waals surface area contributed by atoms with E-state index in [1.54, 1.807) is 0 Å². The van der Waals surface area contributed by atoms with Crippen LogP contribution in [0.4, 0.5) is 0 Å². The molecule has 1 fully saturated rings. The first-order valence-electron chi connectivity index (χ1n) is 7.32. The predicted octanol–water partition coefficient (Wildman–Crippen LogP) is 1.11. The molecule has 2 rings (SSSR count). The molecule has 1 unspecified atom stereocenters. The molecule has 20 heavy (non-hydrogen) atoms. The van der Waals surface area contributed by atoms with E-state index >= 15 is 0 Å². The van der Waals surface area contributed by atoms with Gasteiger partial charge in [0.1, 0.15) is 0 Å². The second kappa shape index (κ2) is 6.86. The molecule has 0 saturated carbocycles. The fourth-order valence-corrected chi connectivity index (χ4v) is 2.78. The molecule has 0 spiro atoms. The third kappa shape index (κ3) is 3.81. The van der Waals surface area contributed by atoms with E-state index in [1.807, 2.05) is 42.3 Å². The van der Waals surface area contributed by atoms with E-state index in [-0.39, 0.29) is 5.91 Å². The van der Waals surface area contributed by atoms with E-state index in [9.17, 15) is 4.79 Å². The number of benzene rings is 1. The molecule has 1 saturated heterocycles. The van der Waals surface area contributed by atoms with Crippen molar-refractivity contribution in [2.45, 2.75) is 31.3 Å². The Kier molecular flexibility index (Phi) is 5.15. The van der Waals surface area contributed by atoms with Gasteiger partial charge in [-0.15, -0.1) is 0 Å². The number of nitrogens with two attached hydrogens (primary N) is 1. The van der Waals surface area contributed by atoms with Crippen LogP contribution in [0.3, 0.4) is 0 Å². The summed E-state index contributed by atoms with van der Waals surface area (Å²) < 4.78 is 0. The minimum absolute atomic E-state index is 0.0587. The minimum atomic E-state index is -0.443. The lowest BCUT2D eigenvalue weighted by atomic mass is 10.0. The Morgan fingerprint density at radius 1 is 1.35 bits per heavy atom. The number of carbonyl (C=O) groups excluding carboxylic acids is 1. The van der Waals surface area contributed by atoms with Gasteiger partial charge in [-0.25, -0.2) is 0 Å². The van der Waals surface area contributed by atoms with Gasteiger partial charge in [0.2, 0.25) is 5.91 Å². The number of likely N-dealkylation sites (tertiary alicyclic amines) is 1. The van der Waals surface area contributed by atoms with Crippen molar-refractivity contribution >= 4 is 5.91 Å². The number of hydrogen-bond acceptors (Lipinski definition) is 3. The molecule has 1 aromatic carbocycles. The Bertz CT molecular complexity index is 427. The Labute approximate surface area is 121 Å². The van der Waals surface area contributed by atoms with E-state index in [4.69, 9.17) is 5.73 Å². The highest BCUT2D eigenvalue weighted by molar-refractivity contribution is 5.82. The van der Waals surface area contributed by atoms with E-state index in [1.165, 1.54) is 0 Å². The summed E-state index contributed by atoms with van der Waals surface area (Å²) in [5, 5.41) is 0. The minimum Gasteiger partial charge on any atom is -0.341 e. The number of piperidine rings is 1. The Balaban J connectivity index is 1.89. The lowest BCUT2D eigenvalue weighted by molar-refractivity contribution is -0.134. The topological polar surface area (TPSA) is 49.6 Å². The first-order valence-corrected chi connectivity index (χ1v) is 7.32. The number of hydrogen-bond donors (Lipinski definition) is 1. The molecule has 1 aromatic rings. The van der Waals surface area contributed by atoms with Crippen LogP contribution >= 0.6 is 0 Å². The van der Waals surface area contributed by atoms with Crippen LogP contribution in [0.1, 0.15) is 18.4 Å². The van der Waals surface area contributed by atoms with Crippen molar-refractivity contribution in [2.75, 3.05) is 27.2 Å². The lowest BCUT2D eigenvalue weighted by Gasteiger charge is -2.36. The predicted molar refractivity (Wildman–Crippen MR) is 81.4 cm³/mol. The lowest BCUT2D eigenvalue weighted by Crippen LogP contribution is -2.50. The van der Waals surface area contributed by atoms with Gasteiger partial charge in [0.05, 0.1) is 6.04 Å². The molecule has 1 heterocycles. The summed E-state index contributed by atoms with van der Waals surface area (Å²) in [7, 11) is 4.02. The molecule has 2 N–H and O–H groups in total. The molecule has 0 radical (unpaired) electrons. The van der Waals surface area contributed by atoms with Gasteiger partial charge in [-0.2, -0.15) is 0 Å². The zero-order valence-electron chi connectivity index (χ0n) is 12.5. The normalized spacial score (nSPS) is 18.8. The molecular formula is C16H25N3O. The van der Waals surface area contributed by atoms with Crippen LogP contribution in [-0.4, -0.2) is 55.0 Å². The van der Waals surface area contributed by atoms with Gasteiger partial charge in [-0.3, -0.25) is 4.79 Å². The molecule has 4 nitrogen and oxygen atoms in total. The van der Waals surface area contributed by atoms with Crippen molar-refractivity contribution in [3.8, 4) is 0 Å². The zero-order chi connectivity index (χ0) is 14.5. The standard InChI is InChI=1S/C16H25N3O/c1-18-10-8-14(9-11-18)19(2)16(20)15(17)12-13-6-4-3-5-7-13/h3-7,14-15H,8-12,17H2,1-2H3. The molecule has 4 heteroatoms. The van der Waals surface area contributed by atoms with Gasteiger partial charge < -0.3 is 15.5 Å². The van der Waals surface area contributed by atoms with Crippen LogP contribution in [0.2, 0.25) is 0 Å². The van der Waals surface area contributed by atoms with Gasteiger partial charge in [-0.1, -0.05) is 30.3 Å². The van der Waals surface area contributed by atoms with E-state index in [0.29, 0.717) is 12.5 Å². The third-order valence-electron chi connectivity index (χ3n) is 4.20. The largest absolute Gasteiger partial charge is 0.341 e. The fraction of sp³-hybridized carbons (Fsp3) is 0.562. The fourth-order valence-electron chi connectivity index (χ4n) is 2.78. The van der Waals surface area contributed by atoms with E-state index in [2.05, 4.69) is 11.9 Å². The molecule has 1 atom stereocenters. The summed E-state index contributed by atoms with van der Waals surface area (Å²) in [5.74, 6) is 0.0587. The van der Waals surface area contributed by atoms with Crippen molar-refractivity contribution in [2.24, 2.45) is 5.73 Å². The molecule has 0 bridgehead atoms. The van der Waals surface area contributed by atoms with E-state index < -0.39 is 6.04 Å². The van der Waals surface area contributed by atoms with Crippen LogP contribution in [-0.2, 0) is 11.2 Å². The third-order valence-corrected chi connectivity index (χ3v) is 4.20. The number of likely N-dealkylation sites (N-methyl/N-ethyl adjacent to an activating group) is 1. The Hall–Kier alpha value is -1.39. The quantitative estimate of drug-likeness (QED) is 0.895. The average Bonchev–Trinajstić information content (AvgIpc) is 2.47. The summed E-state index contributed by atoms with van der Waals surface area (Å²) in [4.78, 5) is 16.6. The number of rotatable bonds is 4. The Morgan fingerprint density at radius 2 is 1.95 bits per heavy atom. The summed E-state index contributed by atoms with van der Waals surface area (Å²) in [6.07, 6.45) is 2.68. The average molecular weight is 275 g/mol. The number of carbonyl (C=O) groups is 1. The maximum absolute atomic E-state index is 12.4. The van der Waals surface area contributed by atoms with E-state index in [0.717, 1.165) is 31.5 Å². The van der Waals surface area contributed by atoms with Gasteiger partial charge in [0.25, 0.3) is 0 Å². The van der Waals surface area contributed by atoms with Crippen LogP contribution in [0.5, 0.6) is 0 Å². The van der Waals surface area contributed by atoms with Gasteiger partial charge in [0.15, 0.2) is 0 Å². The second-order valence-electron chi connectivity index (χ2n) is 5.78.